The molecule has 1 aromatic carbocycles. The van der Waals surface area contributed by atoms with Crippen LogP contribution in [0.4, 0.5) is 0 Å². The Labute approximate surface area is 159 Å². The van der Waals surface area contributed by atoms with Gasteiger partial charge in [0.1, 0.15) is 0 Å². The van der Waals surface area contributed by atoms with E-state index in [2.05, 4.69) is 10.00 Å². The fraction of sp³-hybridized carbons (Fsp3) is 0.550. The van der Waals surface area contributed by atoms with Crippen molar-refractivity contribution in [1.29, 1.82) is 0 Å². The van der Waals surface area contributed by atoms with Gasteiger partial charge in [-0.2, -0.15) is 5.10 Å². The van der Waals surface area contributed by atoms with Crippen LogP contribution in [0.2, 0.25) is 0 Å². The SMILES string of the molecule is CN1CCCC2(CCN(C(=O)c3nn(C)c4ccccc34)CC2)C1C(N)=O. The first kappa shape index (κ1) is 18.0. The fourth-order valence-corrected chi connectivity index (χ4v) is 5.13. The van der Waals surface area contributed by atoms with Gasteiger partial charge in [-0.1, -0.05) is 18.2 Å². The normalized spacial score (nSPS) is 23.0. The van der Waals surface area contributed by atoms with Gasteiger partial charge in [0.25, 0.3) is 5.91 Å². The number of rotatable bonds is 2. The predicted molar refractivity (Wildman–Crippen MR) is 103 cm³/mol. The van der Waals surface area contributed by atoms with Crippen molar-refractivity contribution < 1.29 is 9.59 Å². The summed E-state index contributed by atoms with van der Waals surface area (Å²) < 4.78 is 1.76. The largest absolute Gasteiger partial charge is 0.368 e. The van der Waals surface area contributed by atoms with Crippen LogP contribution < -0.4 is 5.73 Å². The van der Waals surface area contributed by atoms with Crippen molar-refractivity contribution in [1.82, 2.24) is 19.6 Å². The van der Waals surface area contributed by atoms with E-state index in [-0.39, 0.29) is 23.3 Å². The molecule has 7 heteroatoms. The maximum absolute atomic E-state index is 13.1. The summed E-state index contributed by atoms with van der Waals surface area (Å²) in [4.78, 5) is 29.2. The molecule has 2 saturated heterocycles. The Morgan fingerprint density at radius 2 is 1.81 bits per heavy atom. The van der Waals surface area contributed by atoms with E-state index in [1.165, 1.54) is 0 Å². The topological polar surface area (TPSA) is 84.5 Å². The van der Waals surface area contributed by atoms with Crippen molar-refractivity contribution >= 4 is 22.7 Å². The Morgan fingerprint density at radius 1 is 1.11 bits per heavy atom. The highest BCUT2D eigenvalue weighted by Crippen LogP contribution is 2.44. The molecule has 2 fully saturated rings. The van der Waals surface area contributed by atoms with E-state index in [9.17, 15) is 9.59 Å². The number of carbonyl (C=O) groups is 2. The van der Waals surface area contributed by atoms with E-state index in [1.807, 2.05) is 43.3 Å². The summed E-state index contributed by atoms with van der Waals surface area (Å²) in [7, 11) is 3.84. The number of para-hydroxylation sites is 1. The lowest BCUT2D eigenvalue weighted by atomic mass is 9.66. The van der Waals surface area contributed by atoms with Gasteiger partial charge in [0, 0.05) is 25.5 Å². The third-order valence-electron chi connectivity index (χ3n) is 6.48. The number of nitrogens with two attached hydrogens (primary N) is 1. The third-order valence-corrected chi connectivity index (χ3v) is 6.48. The van der Waals surface area contributed by atoms with Crippen LogP contribution >= 0.6 is 0 Å². The molecule has 0 bridgehead atoms. The van der Waals surface area contributed by atoms with Crippen LogP contribution in [0.25, 0.3) is 10.9 Å². The summed E-state index contributed by atoms with van der Waals surface area (Å²) in [5.41, 5.74) is 7.10. The number of nitrogens with zero attached hydrogens (tertiary/aromatic N) is 4. The monoisotopic (exact) mass is 369 g/mol. The molecule has 0 saturated carbocycles. The summed E-state index contributed by atoms with van der Waals surface area (Å²) in [5.74, 6) is -0.269. The molecule has 2 aromatic rings. The molecule has 4 rings (SSSR count). The Bertz CT molecular complexity index is 882. The highest BCUT2D eigenvalue weighted by atomic mass is 16.2. The molecule has 2 aliphatic heterocycles. The number of aryl methyl sites for hydroxylation is 1. The van der Waals surface area contributed by atoms with Crippen molar-refractivity contribution in [2.24, 2.45) is 18.2 Å². The number of likely N-dealkylation sites (N-methyl/N-ethyl adjacent to an activating group) is 1. The van der Waals surface area contributed by atoms with E-state index in [4.69, 9.17) is 5.73 Å². The second-order valence-electron chi connectivity index (χ2n) is 8.03. The van der Waals surface area contributed by atoms with Gasteiger partial charge in [0.2, 0.25) is 5.91 Å². The molecule has 0 aliphatic carbocycles. The molecule has 0 radical (unpaired) electrons. The van der Waals surface area contributed by atoms with Crippen molar-refractivity contribution in [3.63, 3.8) is 0 Å². The molecule has 1 spiro atoms. The maximum atomic E-state index is 13.1. The van der Waals surface area contributed by atoms with Gasteiger partial charge in [0.05, 0.1) is 11.6 Å². The van der Waals surface area contributed by atoms with Crippen LogP contribution in [0.5, 0.6) is 0 Å². The fourth-order valence-electron chi connectivity index (χ4n) is 5.13. The van der Waals surface area contributed by atoms with E-state index < -0.39 is 0 Å². The number of primary amides is 1. The Kier molecular flexibility index (Phi) is 4.42. The maximum Gasteiger partial charge on any atom is 0.275 e. The van der Waals surface area contributed by atoms with Gasteiger partial charge in [0.15, 0.2) is 5.69 Å². The van der Waals surface area contributed by atoms with Crippen molar-refractivity contribution in [3.8, 4) is 0 Å². The zero-order chi connectivity index (χ0) is 19.2. The molecule has 144 valence electrons. The van der Waals surface area contributed by atoms with Crippen LogP contribution in [0.1, 0.15) is 36.2 Å². The van der Waals surface area contributed by atoms with E-state index in [0.29, 0.717) is 18.8 Å². The van der Waals surface area contributed by atoms with Crippen molar-refractivity contribution in [2.45, 2.75) is 31.7 Å². The van der Waals surface area contributed by atoms with Crippen molar-refractivity contribution in [2.75, 3.05) is 26.7 Å². The summed E-state index contributed by atoms with van der Waals surface area (Å²) >= 11 is 0. The first-order chi connectivity index (χ1) is 12.9. The van der Waals surface area contributed by atoms with Crippen LogP contribution in [-0.2, 0) is 11.8 Å². The van der Waals surface area contributed by atoms with Gasteiger partial charge in [-0.05, 0) is 50.8 Å². The zero-order valence-electron chi connectivity index (χ0n) is 16.0. The highest BCUT2D eigenvalue weighted by Gasteiger charge is 2.48. The lowest BCUT2D eigenvalue weighted by Crippen LogP contribution is -2.60. The number of aromatic nitrogens is 2. The van der Waals surface area contributed by atoms with Crippen LogP contribution in [-0.4, -0.2) is 64.1 Å². The van der Waals surface area contributed by atoms with Gasteiger partial charge in [-0.25, -0.2) is 0 Å². The Hall–Kier alpha value is -2.41. The minimum Gasteiger partial charge on any atom is -0.368 e. The van der Waals surface area contributed by atoms with Gasteiger partial charge >= 0.3 is 0 Å². The number of hydrogen-bond donors (Lipinski definition) is 1. The van der Waals surface area contributed by atoms with Crippen LogP contribution in [0, 0.1) is 5.41 Å². The number of likely N-dealkylation sites (tertiary alicyclic amines) is 2. The van der Waals surface area contributed by atoms with E-state index in [0.717, 1.165) is 43.1 Å². The molecular formula is C20H27N5O2. The Balaban J connectivity index is 1.55. The average molecular weight is 369 g/mol. The second-order valence-corrected chi connectivity index (χ2v) is 8.03. The van der Waals surface area contributed by atoms with E-state index in [1.54, 1.807) is 4.68 Å². The van der Waals surface area contributed by atoms with Crippen LogP contribution in [0.15, 0.2) is 24.3 Å². The molecule has 1 unspecified atom stereocenters. The van der Waals surface area contributed by atoms with Crippen molar-refractivity contribution in [3.05, 3.63) is 30.0 Å². The summed E-state index contributed by atoms with van der Waals surface area (Å²) in [6.45, 7) is 2.18. The molecule has 2 amide bonds. The summed E-state index contributed by atoms with van der Waals surface area (Å²) in [6.07, 6.45) is 3.68. The second kappa shape index (κ2) is 6.64. The van der Waals surface area contributed by atoms with Gasteiger partial charge in [-0.3, -0.25) is 19.2 Å². The van der Waals surface area contributed by atoms with E-state index >= 15 is 0 Å². The minimum atomic E-state index is -0.243. The molecule has 1 atom stereocenters. The molecule has 27 heavy (non-hydrogen) atoms. The zero-order valence-corrected chi connectivity index (χ0v) is 16.0. The molecule has 7 nitrogen and oxygen atoms in total. The third kappa shape index (κ3) is 2.90. The first-order valence-corrected chi connectivity index (χ1v) is 9.63. The predicted octanol–water partition coefficient (Wildman–Crippen LogP) is 1.38. The minimum absolute atomic E-state index is 0.0264. The Morgan fingerprint density at radius 3 is 2.52 bits per heavy atom. The lowest BCUT2D eigenvalue weighted by Gasteiger charge is -2.51. The summed E-state index contributed by atoms with van der Waals surface area (Å²) in [6, 6.07) is 7.56. The standard InChI is InChI=1S/C20H27N5O2/c1-23-11-5-8-20(17(23)18(21)26)9-12-25(13-10-20)19(27)16-14-6-3-4-7-15(14)24(2)22-16/h3-4,6-7,17H,5,8-13H2,1-2H3,(H2,21,26). The molecular weight excluding hydrogens is 342 g/mol. The number of benzene rings is 1. The summed E-state index contributed by atoms with van der Waals surface area (Å²) in [5, 5.41) is 5.35. The number of hydrogen-bond acceptors (Lipinski definition) is 4. The number of amides is 2. The number of piperidine rings is 2. The quantitative estimate of drug-likeness (QED) is 0.867. The molecule has 2 aliphatic rings. The average Bonchev–Trinajstić information content (AvgIpc) is 2.99. The first-order valence-electron chi connectivity index (χ1n) is 9.63. The van der Waals surface area contributed by atoms with Gasteiger partial charge < -0.3 is 10.6 Å². The van der Waals surface area contributed by atoms with Gasteiger partial charge in [-0.15, -0.1) is 0 Å². The number of fused-ring (bicyclic) bond motifs is 1. The molecule has 3 heterocycles. The van der Waals surface area contributed by atoms with Crippen LogP contribution in [0.3, 0.4) is 0 Å². The highest BCUT2D eigenvalue weighted by molar-refractivity contribution is 6.04. The smallest absolute Gasteiger partial charge is 0.275 e. The molecule has 2 N–H and O–H groups in total. The lowest BCUT2D eigenvalue weighted by molar-refractivity contribution is -0.132. The number of carbonyl (C=O) groups excluding carboxylic acids is 2. The molecule has 1 aromatic heterocycles.